The highest BCUT2D eigenvalue weighted by atomic mass is 15.2. The third-order valence-corrected chi connectivity index (χ3v) is 5.96. The summed E-state index contributed by atoms with van der Waals surface area (Å²) in [6, 6.07) is 3.08. The van der Waals surface area contributed by atoms with Gasteiger partial charge in [-0.05, 0) is 65.5 Å². The molecule has 0 aromatic heterocycles. The zero-order chi connectivity index (χ0) is 17.2. The molecule has 0 spiro atoms. The lowest BCUT2D eigenvalue weighted by Crippen LogP contribution is -2.52. The Hall–Kier alpha value is -0.0800. The minimum atomic E-state index is 0.730. The summed E-state index contributed by atoms with van der Waals surface area (Å²) < 4.78 is 0. The molecule has 0 aliphatic carbocycles. The number of hydrogen-bond donors (Lipinski definition) is 0. The highest BCUT2D eigenvalue weighted by Gasteiger charge is 2.30. The minimum absolute atomic E-state index is 0.730. The Balaban J connectivity index is 2.74. The van der Waals surface area contributed by atoms with Gasteiger partial charge in [0.2, 0.25) is 0 Å². The predicted octanol–water partition coefficient (Wildman–Crippen LogP) is 5.71. The van der Waals surface area contributed by atoms with Gasteiger partial charge in [-0.3, -0.25) is 4.90 Å². The van der Waals surface area contributed by atoms with Crippen LogP contribution < -0.4 is 0 Å². The summed E-state index contributed by atoms with van der Waals surface area (Å²) in [5.41, 5.74) is 0. The summed E-state index contributed by atoms with van der Waals surface area (Å²) in [6.07, 6.45) is 12.1. The summed E-state index contributed by atoms with van der Waals surface area (Å²) in [6.45, 7) is 17.0. The lowest BCUT2D eigenvalue weighted by atomic mass is 9.96. The first-order valence-electron chi connectivity index (χ1n) is 10.6. The Morgan fingerprint density at radius 3 is 1.57 bits per heavy atom. The first-order chi connectivity index (χ1) is 11.1. The fourth-order valence-electron chi connectivity index (χ4n) is 4.71. The van der Waals surface area contributed by atoms with E-state index in [4.69, 9.17) is 0 Å². The molecule has 1 aliphatic heterocycles. The van der Waals surface area contributed by atoms with Crippen molar-refractivity contribution < 1.29 is 0 Å². The summed E-state index contributed by atoms with van der Waals surface area (Å²) in [5.74, 6) is 0. The van der Waals surface area contributed by atoms with E-state index in [1.807, 2.05) is 0 Å². The molecule has 1 rings (SSSR count). The smallest absolute Gasteiger partial charge is 0.00981 e. The molecular formula is C21H44N2. The van der Waals surface area contributed by atoms with Crippen molar-refractivity contribution in [3.05, 3.63) is 0 Å². The topological polar surface area (TPSA) is 6.48 Å². The van der Waals surface area contributed by atoms with Gasteiger partial charge in [-0.25, -0.2) is 0 Å². The van der Waals surface area contributed by atoms with Crippen LogP contribution in [0.1, 0.15) is 99.3 Å². The highest BCUT2D eigenvalue weighted by Crippen LogP contribution is 2.25. The fourth-order valence-corrected chi connectivity index (χ4v) is 4.71. The van der Waals surface area contributed by atoms with E-state index in [1.165, 1.54) is 70.9 Å². The molecule has 138 valence electrons. The lowest BCUT2D eigenvalue weighted by Gasteiger charge is -2.45. The predicted molar refractivity (Wildman–Crippen MR) is 104 cm³/mol. The molecule has 0 aromatic rings. The van der Waals surface area contributed by atoms with Crippen molar-refractivity contribution in [1.29, 1.82) is 0 Å². The lowest BCUT2D eigenvalue weighted by molar-refractivity contribution is 0.0355. The van der Waals surface area contributed by atoms with E-state index in [9.17, 15) is 0 Å². The Morgan fingerprint density at radius 1 is 0.739 bits per heavy atom. The maximum Gasteiger partial charge on any atom is 0.00981 e. The van der Waals surface area contributed by atoms with E-state index in [0.29, 0.717) is 0 Å². The van der Waals surface area contributed by atoms with Crippen LogP contribution in [0.25, 0.3) is 0 Å². The minimum Gasteiger partial charge on any atom is -0.300 e. The molecule has 1 fully saturated rings. The summed E-state index contributed by atoms with van der Waals surface area (Å²) in [7, 11) is 0. The van der Waals surface area contributed by atoms with Crippen LogP contribution in [-0.4, -0.2) is 47.1 Å². The van der Waals surface area contributed by atoms with Crippen LogP contribution in [0.5, 0.6) is 0 Å². The Morgan fingerprint density at radius 2 is 1.17 bits per heavy atom. The standard InChI is InChI=1S/C21H44N2/c1-7-11-20(10-4)23-18(5)14-16-22(17-15-19(23)6)21(12-8-2)13-9-3/h18-21H,7-17H2,1-6H3. The van der Waals surface area contributed by atoms with E-state index < -0.39 is 0 Å². The molecule has 3 atom stereocenters. The molecule has 3 unspecified atom stereocenters. The van der Waals surface area contributed by atoms with Gasteiger partial charge in [0.05, 0.1) is 0 Å². The van der Waals surface area contributed by atoms with Gasteiger partial charge in [-0.2, -0.15) is 0 Å². The maximum atomic E-state index is 2.87. The highest BCUT2D eigenvalue weighted by molar-refractivity contribution is 4.86. The molecule has 0 bridgehead atoms. The monoisotopic (exact) mass is 324 g/mol. The van der Waals surface area contributed by atoms with Crippen molar-refractivity contribution in [2.45, 2.75) is 123 Å². The average Bonchev–Trinajstić information content (AvgIpc) is 2.53. The molecule has 1 heterocycles. The number of rotatable bonds is 9. The fraction of sp³-hybridized carbons (Fsp3) is 1.00. The Labute approximate surface area is 147 Å². The Bertz CT molecular complexity index is 272. The van der Waals surface area contributed by atoms with Crippen LogP contribution in [0.3, 0.4) is 0 Å². The zero-order valence-corrected chi connectivity index (χ0v) is 17.0. The van der Waals surface area contributed by atoms with Crippen molar-refractivity contribution in [2.75, 3.05) is 13.1 Å². The van der Waals surface area contributed by atoms with Crippen LogP contribution in [-0.2, 0) is 0 Å². The van der Waals surface area contributed by atoms with Gasteiger partial charge in [0.25, 0.3) is 0 Å². The molecule has 23 heavy (non-hydrogen) atoms. The van der Waals surface area contributed by atoms with Gasteiger partial charge in [-0.15, -0.1) is 0 Å². The van der Waals surface area contributed by atoms with Gasteiger partial charge >= 0.3 is 0 Å². The third kappa shape index (κ3) is 6.38. The van der Waals surface area contributed by atoms with E-state index in [2.05, 4.69) is 51.3 Å². The second kappa shape index (κ2) is 11.5. The van der Waals surface area contributed by atoms with Crippen molar-refractivity contribution >= 4 is 0 Å². The number of nitrogens with zero attached hydrogens (tertiary/aromatic N) is 2. The van der Waals surface area contributed by atoms with Crippen LogP contribution in [0.15, 0.2) is 0 Å². The van der Waals surface area contributed by atoms with Crippen LogP contribution in [0.2, 0.25) is 0 Å². The van der Waals surface area contributed by atoms with Gasteiger partial charge in [0.1, 0.15) is 0 Å². The largest absolute Gasteiger partial charge is 0.300 e. The van der Waals surface area contributed by atoms with E-state index in [0.717, 1.165) is 24.2 Å². The molecule has 1 saturated heterocycles. The summed E-state index contributed by atoms with van der Waals surface area (Å²) >= 11 is 0. The normalized spacial score (nSPS) is 26.2. The van der Waals surface area contributed by atoms with Crippen molar-refractivity contribution in [3.8, 4) is 0 Å². The van der Waals surface area contributed by atoms with E-state index in [1.54, 1.807) is 0 Å². The zero-order valence-electron chi connectivity index (χ0n) is 17.0. The van der Waals surface area contributed by atoms with Crippen LogP contribution >= 0.6 is 0 Å². The van der Waals surface area contributed by atoms with Crippen molar-refractivity contribution in [3.63, 3.8) is 0 Å². The van der Waals surface area contributed by atoms with Gasteiger partial charge < -0.3 is 4.90 Å². The molecule has 0 radical (unpaired) electrons. The molecule has 0 saturated carbocycles. The molecular weight excluding hydrogens is 280 g/mol. The first-order valence-corrected chi connectivity index (χ1v) is 10.6. The second-order valence-corrected chi connectivity index (χ2v) is 7.84. The van der Waals surface area contributed by atoms with Gasteiger partial charge in [0, 0.05) is 24.2 Å². The molecule has 2 heteroatoms. The second-order valence-electron chi connectivity index (χ2n) is 7.84. The van der Waals surface area contributed by atoms with Crippen molar-refractivity contribution in [1.82, 2.24) is 9.80 Å². The quantitative estimate of drug-likeness (QED) is 0.536. The maximum absolute atomic E-state index is 2.87. The van der Waals surface area contributed by atoms with Gasteiger partial charge in [-0.1, -0.05) is 47.0 Å². The van der Waals surface area contributed by atoms with Crippen LogP contribution in [0.4, 0.5) is 0 Å². The van der Waals surface area contributed by atoms with Crippen molar-refractivity contribution in [2.24, 2.45) is 0 Å². The Kier molecular flexibility index (Phi) is 10.5. The molecule has 0 aromatic carbocycles. The summed E-state index contributed by atoms with van der Waals surface area (Å²) in [4.78, 5) is 5.70. The van der Waals surface area contributed by atoms with Crippen LogP contribution in [0, 0.1) is 0 Å². The molecule has 2 nitrogen and oxygen atoms in total. The van der Waals surface area contributed by atoms with E-state index in [-0.39, 0.29) is 0 Å². The van der Waals surface area contributed by atoms with E-state index >= 15 is 0 Å². The average molecular weight is 325 g/mol. The van der Waals surface area contributed by atoms with Gasteiger partial charge in [0.15, 0.2) is 0 Å². The SMILES string of the molecule is CCCC(CCC)N1CCC(C)N(C(CC)CCC)C(C)CC1. The summed E-state index contributed by atoms with van der Waals surface area (Å²) in [5, 5.41) is 0. The third-order valence-electron chi connectivity index (χ3n) is 5.96. The number of hydrogen-bond acceptors (Lipinski definition) is 2. The molecule has 0 N–H and O–H groups in total. The molecule has 0 amide bonds. The first kappa shape index (κ1) is 21.0. The molecule has 1 aliphatic rings.